The van der Waals surface area contributed by atoms with Crippen molar-refractivity contribution in [1.29, 1.82) is 0 Å². The van der Waals surface area contributed by atoms with E-state index < -0.39 is 0 Å². The highest BCUT2D eigenvalue weighted by Gasteiger charge is 2.26. The third kappa shape index (κ3) is 13.0. The summed E-state index contributed by atoms with van der Waals surface area (Å²) in [5.41, 5.74) is 38.4. The molecule has 23 aromatic carbocycles. The molecule has 0 amide bonds. The predicted octanol–water partition coefficient (Wildman–Crippen LogP) is 41.2. The van der Waals surface area contributed by atoms with Gasteiger partial charge in [0, 0.05) is 160 Å². The fraction of sp³-hybridized carbons (Fsp3) is 0. The minimum absolute atomic E-state index is 0.783. The fourth-order valence-corrected chi connectivity index (χ4v) is 23.4. The molecule has 0 spiro atoms. The molecule has 0 unspecified atom stereocenters. The molecule has 0 saturated carbocycles. The minimum atomic E-state index is 0.783. The zero-order chi connectivity index (χ0) is 97.8. The fourth-order valence-electron chi connectivity index (χ4n) is 23.4. The van der Waals surface area contributed by atoms with Gasteiger partial charge in [-0.1, -0.05) is 243 Å². The van der Waals surface area contributed by atoms with Crippen LogP contribution in [0.3, 0.4) is 0 Å². The lowest BCUT2D eigenvalue weighted by molar-refractivity contribution is 0.648. The van der Waals surface area contributed by atoms with E-state index in [4.69, 9.17) is 53.0 Å². The molecular formula is C138H74O12. The van der Waals surface area contributed by atoms with Gasteiger partial charge in [-0.2, -0.15) is 0 Å². The average Bonchev–Trinajstić information content (AvgIpc) is 1.56. The summed E-state index contributed by atoms with van der Waals surface area (Å²) in [7, 11) is 0. The second kappa shape index (κ2) is 31.6. The Balaban J connectivity index is 0.0000000976. The van der Waals surface area contributed by atoms with E-state index in [0.717, 1.165) is 308 Å². The normalized spacial score (nSPS) is 12.3. The lowest BCUT2D eigenvalue weighted by atomic mass is 9.99. The van der Waals surface area contributed by atoms with Gasteiger partial charge in [0.05, 0.1) is 0 Å². The van der Waals surface area contributed by atoms with Crippen LogP contribution in [-0.4, -0.2) is 0 Å². The Kier molecular flexibility index (Phi) is 17.3. The van der Waals surface area contributed by atoms with Crippen molar-refractivity contribution in [3.8, 4) is 89.0 Å². The smallest absolute Gasteiger partial charge is 0.139 e. The highest BCUT2D eigenvalue weighted by molar-refractivity contribution is 6.26. The predicted molar refractivity (Wildman–Crippen MR) is 610 cm³/mol. The van der Waals surface area contributed by atoms with Gasteiger partial charge in [-0.3, -0.25) is 0 Å². The molecule has 0 bridgehead atoms. The van der Waals surface area contributed by atoms with Crippen molar-refractivity contribution in [2.24, 2.45) is 0 Å². The van der Waals surface area contributed by atoms with Crippen molar-refractivity contribution in [1.82, 2.24) is 0 Å². The summed E-state index contributed by atoms with van der Waals surface area (Å²) < 4.78 is 76.4. The van der Waals surface area contributed by atoms with Crippen LogP contribution in [0, 0.1) is 0 Å². The molecule has 12 heteroatoms. The third-order valence-corrected chi connectivity index (χ3v) is 30.8. The van der Waals surface area contributed by atoms with Crippen molar-refractivity contribution in [2.75, 3.05) is 0 Å². The first-order chi connectivity index (χ1) is 74.1. The molecule has 12 nitrogen and oxygen atoms in total. The Morgan fingerprint density at radius 2 is 0.167 bits per heavy atom. The van der Waals surface area contributed by atoms with E-state index in [1.165, 1.54) is 44.5 Å². The summed E-state index contributed by atoms with van der Waals surface area (Å²) in [6.45, 7) is 0. The Morgan fingerprint density at radius 1 is 0.0667 bits per heavy atom. The quantitative estimate of drug-likeness (QED) is 0.142. The number of rotatable bonds is 8. The van der Waals surface area contributed by atoms with Gasteiger partial charge in [-0.25, -0.2) is 0 Å². The van der Waals surface area contributed by atoms with Gasteiger partial charge >= 0.3 is 0 Å². The summed E-state index contributed by atoms with van der Waals surface area (Å²) in [4.78, 5) is 0. The van der Waals surface area contributed by atoms with E-state index >= 15 is 0 Å². The van der Waals surface area contributed by atoms with Gasteiger partial charge < -0.3 is 53.0 Å². The molecular weight excluding hydrogens is 1850 g/mol. The molecule has 0 aliphatic rings. The molecule has 0 fully saturated rings. The van der Waals surface area contributed by atoms with Gasteiger partial charge in [0.1, 0.15) is 134 Å². The van der Waals surface area contributed by atoms with Crippen LogP contribution in [0.4, 0.5) is 0 Å². The molecule has 0 N–H and O–H groups in total. The van der Waals surface area contributed by atoms with Gasteiger partial charge in [0.2, 0.25) is 0 Å². The van der Waals surface area contributed by atoms with Crippen LogP contribution < -0.4 is 0 Å². The molecule has 35 aromatic rings. The molecule has 698 valence electrons. The monoisotopic (exact) mass is 1920 g/mol. The maximum absolute atomic E-state index is 6.56. The van der Waals surface area contributed by atoms with Crippen molar-refractivity contribution >= 4 is 263 Å². The maximum atomic E-state index is 6.56. The van der Waals surface area contributed by atoms with Crippen molar-refractivity contribution in [3.05, 3.63) is 449 Å². The molecule has 0 saturated heterocycles. The lowest BCUT2D eigenvalue weighted by Gasteiger charge is -2.03. The van der Waals surface area contributed by atoms with Gasteiger partial charge in [0.15, 0.2) is 0 Å². The first-order valence-electron chi connectivity index (χ1n) is 50.3. The van der Waals surface area contributed by atoms with Gasteiger partial charge in [-0.15, -0.1) is 0 Å². The van der Waals surface area contributed by atoms with E-state index in [2.05, 4.69) is 382 Å². The van der Waals surface area contributed by atoms with Crippen LogP contribution in [0.1, 0.15) is 0 Å². The van der Waals surface area contributed by atoms with Crippen LogP contribution in [0.15, 0.2) is 502 Å². The number of hydrogen-bond acceptors (Lipinski definition) is 12. The Morgan fingerprint density at radius 3 is 0.307 bits per heavy atom. The highest BCUT2D eigenvalue weighted by atomic mass is 16.4. The zero-order valence-corrected chi connectivity index (χ0v) is 79.6. The number of furan rings is 12. The van der Waals surface area contributed by atoms with Crippen molar-refractivity contribution in [3.63, 3.8) is 0 Å². The van der Waals surface area contributed by atoms with Crippen LogP contribution in [-0.2, 0) is 0 Å². The summed E-state index contributed by atoms with van der Waals surface area (Å²) in [6.07, 6.45) is 0. The summed E-state index contributed by atoms with van der Waals surface area (Å²) in [5, 5.41) is 25.5. The number of fused-ring (bicyclic) bond motifs is 36. The Labute approximate surface area is 848 Å². The molecule has 12 heterocycles. The van der Waals surface area contributed by atoms with Crippen LogP contribution in [0.25, 0.3) is 352 Å². The lowest BCUT2D eigenvalue weighted by Crippen LogP contribution is -1.79. The Bertz CT molecular complexity index is 11700. The highest BCUT2D eigenvalue weighted by Crippen LogP contribution is 2.50. The number of hydrogen-bond donors (Lipinski definition) is 0. The largest absolute Gasteiger partial charge is 0.456 e. The van der Waals surface area contributed by atoms with E-state index in [1.54, 1.807) is 0 Å². The van der Waals surface area contributed by atoms with E-state index in [-0.39, 0.29) is 0 Å². The van der Waals surface area contributed by atoms with E-state index in [0.29, 0.717) is 0 Å². The third-order valence-electron chi connectivity index (χ3n) is 30.8. The van der Waals surface area contributed by atoms with Crippen LogP contribution >= 0.6 is 0 Å². The first kappa shape index (κ1) is 82.1. The van der Waals surface area contributed by atoms with Crippen LogP contribution in [0.2, 0.25) is 0 Å². The van der Waals surface area contributed by atoms with Crippen LogP contribution in [0.5, 0.6) is 0 Å². The summed E-state index contributed by atoms with van der Waals surface area (Å²) >= 11 is 0. The standard InChI is InChI=1S/2C48H26O4.C42H22O4/c1-3-7-27(8-4-1)29-11-15-41-33(19-29)34-21-31(13-17-42(34)49-41)32-14-18-44-36(22-32)38-24-48-40(26-46(38)51-44)39-25-45-37(23-47(39)52-48)35-20-30(12-16-43(35)50-45)28-9-5-2-6-10-28;1-3-7-27(8-4-1)29-11-15-41-33(19-29)34-21-31(13-17-42(34)49-41)32-14-18-44-36(22-32)38-24-40-39-23-37-35-20-30(28-9-5-2-6-10-28)12-16-43(35)50-45(37)25-47(39)52-48(40)26-46(38)51-44;1-3-7-23(8-4-1)25-11-13-35-27(15-25)29-17-31-33-19-34-32-18-30-28-16-26(24-9-5-2-6-10-24)12-14-36(28)44-38(30)21-40(32)46-42(34)22-41(33)45-39(31)20-37(29)43-35/h2*1-26H;1-22H. The first-order valence-corrected chi connectivity index (χ1v) is 50.3. The van der Waals surface area contributed by atoms with Crippen molar-refractivity contribution in [2.45, 2.75) is 0 Å². The van der Waals surface area contributed by atoms with E-state index in [9.17, 15) is 0 Å². The van der Waals surface area contributed by atoms with Gasteiger partial charge in [-0.05, 0) is 265 Å². The molecule has 0 radical (unpaired) electrons. The molecule has 0 aliphatic carbocycles. The molecule has 150 heavy (non-hydrogen) atoms. The molecule has 0 aliphatic heterocycles. The summed E-state index contributed by atoms with van der Waals surface area (Å²) in [5.74, 6) is 0. The second-order valence-corrected chi connectivity index (χ2v) is 39.4. The maximum Gasteiger partial charge on any atom is 0.139 e. The summed E-state index contributed by atoms with van der Waals surface area (Å²) in [6, 6.07) is 156. The molecule has 35 rings (SSSR count). The molecule has 12 aromatic heterocycles. The Hall–Kier alpha value is -20.3. The number of benzene rings is 23. The average molecular weight is 1920 g/mol. The second-order valence-electron chi connectivity index (χ2n) is 39.4. The van der Waals surface area contributed by atoms with E-state index in [1.807, 2.05) is 66.7 Å². The zero-order valence-electron chi connectivity index (χ0n) is 79.6. The minimum Gasteiger partial charge on any atom is -0.456 e. The topological polar surface area (TPSA) is 158 Å². The van der Waals surface area contributed by atoms with Crippen molar-refractivity contribution < 1.29 is 53.0 Å². The molecule has 0 atom stereocenters. The SMILES string of the molecule is c1ccc(-c2ccc3oc4cc5oc6cc7oc8cc9oc%10ccc(-c%11ccccc%11)cc%10c9cc8c7cc6c5cc4c3c2)cc1.c1ccc(-c2ccc3oc4ccc(-c5ccc6oc7cc8c(cc7c6c5)oc5cc6c(cc58)oc5ccc(-c7ccccc7)cc56)cc4c3c2)cc1.c1ccc(-c2ccc3oc4ccc(-c5ccc6oc7cc8oc9cc%10oc%11ccc(-c%12ccccc%12)cc%11c%10cc9c8cc7c6c5)cc4c3c2)cc1. The van der Waals surface area contributed by atoms with Gasteiger partial charge in [0.25, 0.3) is 0 Å².